The Balaban J connectivity index is 1.94. The summed E-state index contributed by atoms with van der Waals surface area (Å²) in [4.78, 5) is 9.18. The Bertz CT molecular complexity index is 763. The number of hydrogen-bond acceptors (Lipinski definition) is 3. The number of fused-ring (bicyclic) bond motifs is 1. The lowest BCUT2D eigenvalue weighted by Crippen LogP contribution is -2.07. The molecule has 3 rings (SSSR count). The number of halogens is 2. The molecule has 0 saturated heterocycles. The maximum absolute atomic E-state index is 6.12. The second kappa shape index (κ2) is 6.34. The van der Waals surface area contributed by atoms with Gasteiger partial charge in [-0.3, -0.25) is 0 Å². The summed E-state index contributed by atoms with van der Waals surface area (Å²) in [6.45, 7) is 2.86. The minimum Gasteiger partial charge on any atom is -0.327 e. The zero-order valence-electron chi connectivity index (χ0n) is 11.6. The van der Waals surface area contributed by atoms with E-state index in [1.54, 1.807) is 11.3 Å². The van der Waals surface area contributed by atoms with Crippen molar-refractivity contribution in [3.05, 3.63) is 45.1 Å². The van der Waals surface area contributed by atoms with Gasteiger partial charge in [0.25, 0.3) is 0 Å². The third kappa shape index (κ3) is 3.23. The Kier molecular flexibility index (Phi) is 4.48. The topological polar surface area (TPSA) is 30.7 Å². The normalized spacial score (nSPS) is 11.4. The molecule has 0 fully saturated rings. The van der Waals surface area contributed by atoms with Gasteiger partial charge in [-0.1, -0.05) is 11.6 Å². The number of aryl methyl sites for hydroxylation is 4. The van der Waals surface area contributed by atoms with Crippen LogP contribution in [0.15, 0.2) is 23.6 Å². The van der Waals surface area contributed by atoms with Gasteiger partial charge in [-0.05, 0) is 25.1 Å². The maximum Gasteiger partial charge on any atom is 0.111 e. The van der Waals surface area contributed by atoms with Crippen molar-refractivity contribution in [3.8, 4) is 0 Å². The summed E-state index contributed by atoms with van der Waals surface area (Å²) >= 11 is 13.7. The van der Waals surface area contributed by atoms with E-state index in [9.17, 15) is 0 Å². The highest BCUT2D eigenvalue weighted by Crippen LogP contribution is 2.22. The molecule has 0 aliphatic rings. The highest BCUT2D eigenvalue weighted by atomic mass is 35.5. The number of benzene rings is 1. The molecular weight excluding hydrogens is 325 g/mol. The van der Waals surface area contributed by atoms with Gasteiger partial charge in [-0.2, -0.15) is 0 Å². The van der Waals surface area contributed by atoms with Gasteiger partial charge in [0.2, 0.25) is 0 Å². The highest BCUT2D eigenvalue weighted by Gasteiger charge is 2.11. The first-order chi connectivity index (χ1) is 10.2. The number of alkyl halides is 1. The van der Waals surface area contributed by atoms with Crippen LogP contribution in [-0.4, -0.2) is 20.4 Å². The van der Waals surface area contributed by atoms with Crippen LogP contribution in [0.5, 0.6) is 0 Å². The predicted octanol–water partition coefficient (Wildman–Crippen LogP) is 4.48. The molecule has 3 nitrogen and oxygen atoms in total. The number of rotatable bonds is 5. The third-order valence-corrected chi connectivity index (χ3v) is 4.77. The smallest absolute Gasteiger partial charge is 0.111 e. The fourth-order valence-corrected chi connectivity index (χ4v) is 3.50. The molecule has 2 aromatic heterocycles. The van der Waals surface area contributed by atoms with Crippen molar-refractivity contribution in [2.45, 2.75) is 26.3 Å². The van der Waals surface area contributed by atoms with Crippen LogP contribution in [-0.2, 0) is 19.4 Å². The lowest BCUT2D eigenvalue weighted by Gasteiger charge is -2.07. The Morgan fingerprint density at radius 2 is 2.10 bits per heavy atom. The summed E-state index contributed by atoms with van der Waals surface area (Å²) in [7, 11) is 0. The number of thiazole rings is 1. The molecule has 0 aliphatic heterocycles. The number of aromatic nitrogens is 3. The summed E-state index contributed by atoms with van der Waals surface area (Å²) in [5.74, 6) is 1.57. The SMILES string of the molecule is Cc1csc(CCn2c(CCCl)nc3ccc(Cl)cc32)n1. The average molecular weight is 340 g/mol. The molecule has 0 atom stereocenters. The molecule has 0 spiro atoms. The van der Waals surface area contributed by atoms with E-state index in [4.69, 9.17) is 23.2 Å². The van der Waals surface area contributed by atoms with Gasteiger partial charge >= 0.3 is 0 Å². The van der Waals surface area contributed by atoms with Crippen molar-refractivity contribution < 1.29 is 0 Å². The van der Waals surface area contributed by atoms with Gasteiger partial charge < -0.3 is 4.57 Å². The fourth-order valence-electron chi connectivity index (χ4n) is 2.40. The average Bonchev–Trinajstić information content (AvgIpc) is 3.01. The summed E-state index contributed by atoms with van der Waals surface area (Å²) in [5.41, 5.74) is 3.11. The van der Waals surface area contributed by atoms with Crippen molar-refractivity contribution in [2.24, 2.45) is 0 Å². The first-order valence-electron chi connectivity index (χ1n) is 6.79. The Labute approximate surface area is 137 Å². The molecular formula is C15H15Cl2N3S. The second-order valence-electron chi connectivity index (χ2n) is 4.88. The summed E-state index contributed by atoms with van der Waals surface area (Å²) in [5, 5.41) is 3.96. The largest absolute Gasteiger partial charge is 0.327 e. The van der Waals surface area contributed by atoms with Crippen LogP contribution in [0.1, 0.15) is 16.5 Å². The van der Waals surface area contributed by atoms with E-state index >= 15 is 0 Å². The molecule has 1 aromatic carbocycles. The quantitative estimate of drug-likeness (QED) is 0.641. The molecule has 2 heterocycles. The molecule has 0 bridgehead atoms. The van der Waals surface area contributed by atoms with Crippen LogP contribution in [0.4, 0.5) is 0 Å². The predicted molar refractivity (Wildman–Crippen MR) is 89.7 cm³/mol. The van der Waals surface area contributed by atoms with Gasteiger partial charge in [-0.25, -0.2) is 9.97 Å². The third-order valence-electron chi connectivity index (χ3n) is 3.32. The number of nitrogens with zero attached hydrogens (tertiary/aromatic N) is 3. The van der Waals surface area contributed by atoms with Crippen molar-refractivity contribution in [3.63, 3.8) is 0 Å². The van der Waals surface area contributed by atoms with Crippen molar-refractivity contribution in [1.29, 1.82) is 0 Å². The molecule has 21 heavy (non-hydrogen) atoms. The zero-order chi connectivity index (χ0) is 14.8. The van der Waals surface area contributed by atoms with E-state index in [0.29, 0.717) is 5.88 Å². The van der Waals surface area contributed by atoms with Gasteiger partial charge in [-0.15, -0.1) is 22.9 Å². The molecule has 0 N–H and O–H groups in total. The van der Waals surface area contributed by atoms with Crippen LogP contribution in [0.2, 0.25) is 5.02 Å². The van der Waals surface area contributed by atoms with Gasteiger partial charge in [0.05, 0.1) is 16.0 Å². The lowest BCUT2D eigenvalue weighted by atomic mass is 10.3. The van der Waals surface area contributed by atoms with E-state index in [2.05, 4.69) is 19.9 Å². The van der Waals surface area contributed by atoms with Gasteiger partial charge in [0, 0.05) is 41.4 Å². The summed E-state index contributed by atoms with van der Waals surface area (Å²) in [6, 6.07) is 5.80. The van der Waals surface area contributed by atoms with E-state index in [1.165, 1.54) is 0 Å². The van der Waals surface area contributed by atoms with Crippen molar-refractivity contribution in [1.82, 2.24) is 14.5 Å². The van der Waals surface area contributed by atoms with E-state index in [1.807, 2.05) is 25.1 Å². The first-order valence-corrected chi connectivity index (χ1v) is 8.58. The minimum absolute atomic E-state index is 0.563. The molecule has 3 aromatic rings. The summed E-state index contributed by atoms with van der Waals surface area (Å²) in [6.07, 6.45) is 1.65. The van der Waals surface area contributed by atoms with Crippen LogP contribution in [0.3, 0.4) is 0 Å². The highest BCUT2D eigenvalue weighted by molar-refractivity contribution is 7.09. The molecule has 0 saturated carbocycles. The molecule has 0 radical (unpaired) electrons. The molecule has 0 unspecified atom stereocenters. The Morgan fingerprint density at radius 3 is 2.81 bits per heavy atom. The zero-order valence-corrected chi connectivity index (χ0v) is 14.0. The van der Waals surface area contributed by atoms with Crippen molar-refractivity contribution >= 4 is 45.6 Å². The monoisotopic (exact) mass is 339 g/mol. The fraction of sp³-hybridized carbons (Fsp3) is 0.333. The Hall–Kier alpha value is -1.10. The maximum atomic E-state index is 6.12. The van der Waals surface area contributed by atoms with Gasteiger partial charge in [0.15, 0.2) is 0 Å². The minimum atomic E-state index is 0.563. The van der Waals surface area contributed by atoms with Crippen LogP contribution >= 0.6 is 34.5 Å². The van der Waals surface area contributed by atoms with E-state index in [-0.39, 0.29) is 0 Å². The van der Waals surface area contributed by atoms with Crippen molar-refractivity contribution in [2.75, 3.05) is 5.88 Å². The van der Waals surface area contributed by atoms with Crippen LogP contribution < -0.4 is 0 Å². The van der Waals surface area contributed by atoms with Crippen LogP contribution in [0.25, 0.3) is 11.0 Å². The van der Waals surface area contributed by atoms with E-state index < -0.39 is 0 Å². The summed E-state index contributed by atoms with van der Waals surface area (Å²) < 4.78 is 2.21. The molecule has 6 heteroatoms. The second-order valence-corrected chi connectivity index (χ2v) is 6.64. The first kappa shape index (κ1) is 14.8. The molecule has 0 aliphatic carbocycles. The Morgan fingerprint density at radius 1 is 1.24 bits per heavy atom. The molecule has 0 amide bonds. The standard InChI is InChI=1S/C15H15Cl2N3S/c1-10-9-21-15(18-10)5-7-20-13-8-11(17)2-3-12(13)19-14(20)4-6-16/h2-3,8-9H,4-7H2,1H3. The lowest BCUT2D eigenvalue weighted by molar-refractivity contribution is 0.672. The number of imidazole rings is 1. The van der Waals surface area contributed by atoms with E-state index in [0.717, 1.165) is 52.0 Å². The van der Waals surface area contributed by atoms with Gasteiger partial charge in [0.1, 0.15) is 5.82 Å². The van der Waals surface area contributed by atoms with Crippen LogP contribution in [0, 0.1) is 6.92 Å². The number of hydrogen-bond donors (Lipinski definition) is 0. The molecule has 110 valence electrons.